The molecule has 1 rings (SSSR count). The lowest BCUT2D eigenvalue weighted by molar-refractivity contribution is -0.131. The van der Waals surface area contributed by atoms with Crippen molar-refractivity contribution < 1.29 is 9.59 Å². The Hall–Kier alpha value is -0.480. The van der Waals surface area contributed by atoms with Crippen LogP contribution in [-0.2, 0) is 9.59 Å². The molecule has 0 aliphatic carbocycles. The summed E-state index contributed by atoms with van der Waals surface area (Å²) in [5, 5.41) is 0. The van der Waals surface area contributed by atoms with E-state index in [2.05, 4.69) is 0 Å². The number of carbonyl (C=O) groups is 2. The van der Waals surface area contributed by atoms with Gasteiger partial charge in [-0.25, -0.2) is 4.31 Å². The zero-order valence-electron chi connectivity index (χ0n) is 6.05. The van der Waals surface area contributed by atoms with Crippen molar-refractivity contribution in [2.45, 2.75) is 13.8 Å². The molecule has 0 aromatic heterocycles. The Kier molecular flexibility index (Phi) is 2.25. The summed E-state index contributed by atoms with van der Waals surface area (Å²) >= 11 is 0.621. The van der Waals surface area contributed by atoms with Crippen molar-refractivity contribution >= 4 is 33.7 Å². The molecule has 11 heavy (non-hydrogen) atoms. The SMILES string of the molecule is CC1=C(C)C(=O)N(SCl)C1=O. The van der Waals surface area contributed by atoms with Gasteiger partial charge in [-0.05, 0) is 24.5 Å². The number of rotatable bonds is 1. The minimum Gasteiger partial charge on any atom is -0.268 e. The third kappa shape index (κ3) is 1.16. The average Bonchev–Trinajstić information content (AvgIpc) is 2.17. The third-order valence-electron chi connectivity index (χ3n) is 1.64. The number of imide groups is 1. The van der Waals surface area contributed by atoms with Crippen LogP contribution in [-0.4, -0.2) is 16.1 Å². The zero-order valence-corrected chi connectivity index (χ0v) is 7.62. The first-order chi connectivity index (χ1) is 5.09. The molecular weight excluding hydrogens is 186 g/mol. The zero-order chi connectivity index (χ0) is 8.59. The topological polar surface area (TPSA) is 37.4 Å². The highest BCUT2D eigenvalue weighted by Crippen LogP contribution is 2.27. The second kappa shape index (κ2) is 2.87. The van der Waals surface area contributed by atoms with Gasteiger partial charge in [0.15, 0.2) is 0 Å². The van der Waals surface area contributed by atoms with Crippen molar-refractivity contribution in [1.82, 2.24) is 4.31 Å². The molecule has 0 atom stereocenters. The summed E-state index contributed by atoms with van der Waals surface area (Å²) in [5.74, 6) is -0.625. The number of nitrogens with zero attached hydrogens (tertiary/aromatic N) is 1. The van der Waals surface area contributed by atoms with Crippen LogP contribution in [0.5, 0.6) is 0 Å². The largest absolute Gasteiger partial charge is 0.268 e. The Labute approximate surface area is 73.0 Å². The van der Waals surface area contributed by atoms with Gasteiger partial charge in [0.1, 0.15) is 0 Å². The molecule has 1 heterocycles. The predicted molar refractivity (Wildman–Crippen MR) is 43.7 cm³/mol. The van der Waals surface area contributed by atoms with E-state index in [1.54, 1.807) is 13.8 Å². The summed E-state index contributed by atoms with van der Waals surface area (Å²) in [7, 11) is 5.30. The number of carbonyl (C=O) groups excluding carboxylic acids is 2. The maximum atomic E-state index is 11.1. The first-order valence-electron chi connectivity index (χ1n) is 2.94. The van der Waals surface area contributed by atoms with Crippen molar-refractivity contribution in [3.63, 3.8) is 0 Å². The van der Waals surface area contributed by atoms with Crippen LogP contribution in [0.4, 0.5) is 0 Å². The minimum absolute atomic E-state index is 0.312. The van der Waals surface area contributed by atoms with Gasteiger partial charge in [0.2, 0.25) is 0 Å². The summed E-state index contributed by atoms with van der Waals surface area (Å²) < 4.78 is 0.937. The first-order valence-corrected chi connectivity index (χ1v) is 4.54. The van der Waals surface area contributed by atoms with Crippen molar-refractivity contribution in [3.05, 3.63) is 11.1 Å². The van der Waals surface area contributed by atoms with Crippen LogP contribution in [0.25, 0.3) is 0 Å². The van der Waals surface area contributed by atoms with Gasteiger partial charge in [-0.3, -0.25) is 9.59 Å². The maximum absolute atomic E-state index is 11.1. The molecule has 0 radical (unpaired) electrons. The van der Waals surface area contributed by atoms with Crippen LogP contribution in [0, 0.1) is 0 Å². The van der Waals surface area contributed by atoms with E-state index in [0.29, 0.717) is 22.3 Å². The van der Waals surface area contributed by atoms with Gasteiger partial charge >= 0.3 is 0 Å². The molecular formula is C6H6ClNO2S. The van der Waals surface area contributed by atoms with Crippen LogP contribution >= 0.6 is 21.8 Å². The van der Waals surface area contributed by atoms with E-state index in [1.165, 1.54) is 0 Å². The van der Waals surface area contributed by atoms with Crippen molar-refractivity contribution in [3.8, 4) is 0 Å². The Morgan fingerprint density at radius 2 is 1.55 bits per heavy atom. The molecule has 5 heteroatoms. The number of amides is 2. The Morgan fingerprint density at radius 3 is 1.73 bits per heavy atom. The van der Waals surface area contributed by atoms with Crippen LogP contribution in [0.3, 0.4) is 0 Å². The van der Waals surface area contributed by atoms with Crippen molar-refractivity contribution in [2.24, 2.45) is 0 Å². The van der Waals surface area contributed by atoms with Gasteiger partial charge in [-0.1, -0.05) is 0 Å². The summed E-state index contributed by atoms with van der Waals surface area (Å²) in [6.45, 7) is 3.23. The summed E-state index contributed by atoms with van der Waals surface area (Å²) in [6, 6.07) is 0. The summed E-state index contributed by atoms with van der Waals surface area (Å²) in [4.78, 5) is 22.2. The smallest absolute Gasteiger partial charge is 0.267 e. The second-order valence-corrected chi connectivity index (χ2v) is 3.14. The molecule has 1 aliphatic heterocycles. The molecule has 0 N–H and O–H groups in total. The quantitative estimate of drug-likeness (QED) is 0.466. The fourth-order valence-electron chi connectivity index (χ4n) is 0.780. The molecule has 0 aromatic carbocycles. The van der Waals surface area contributed by atoms with E-state index in [4.69, 9.17) is 10.7 Å². The highest BCUT2D eigenvalue weighted by atomic mass is 35.7. The monoisotopic (exact) mass is 191 g/mol. The fraction of sp³-hybridized carbons (Fsp3) is 0.333. The van der Waals surface area contributed by atoms with Crippen LogP contribution in [0.15, 0.2) is 11.1 Å². The number of halogens is 1. The van der Waals surface area contributed by atoms with Gasteiger partial charge < -0.3 is 0 Å². The second-order valence-electron chi connectivity index (χ2n) is 2.22. The molecule has 0 spiro atoms. The van der Waals surface area contributed by atoms with E-state index >= 15 is 0 Å². The van der Waals surface area contributed by atoms with Crippen LogP contribution < -0.4 is 0 Å². The van der Waals surface area contributed by atoms with Gasteiger partial charge in [0, 0.05) is 11.1 Å². The maximum Gasteiger partial charge on any atom is 0.267 e. The lowest BCUT2D eigenvalue weighted by atomic mass is 10.2. The molecule has 0 saturated heterocycles. The molecule has 60 valence electrons. The van der Waals surface area contributed by atoms with Crippen LogP contribution in [0.2, 0.25) is 0 Å². The lowest BCUT2D eigenvalue weighted by Gasteiger charge is -2.05. The summed E-state index contributed by atoms with van der Waals surface area (Å²) in [6.07, 6.45) is 0. The Bertz CT molecular complexity index is 237. The molecule has 1 aliphatic rings. The minimum atomic E-state index is -0.312. The van der Waals surface area contributed by atoms with Crippen molar-refractivity contribution in [2.75, 3.05) is 0 Å². The molecule has 0 saturated carbocycles. The molecule has 3 nitrogen and oxygen atoms in total. The van der Waals surface area contributed by atoms with Crippen LogP contribution in [0.1, 0.15) is 13.8 Å². The highest BCUT2D eigenvalue weighted by Gasteiger charge is 2.33. The fourth-order valence-corrected chi connectivity index (χ4v) is 1.56. The van der Waals surface area contributed by atoms with Gasteiger partial charge in [0.25, 0.3) is 11.8 Å². The highest BCUT2D eigenvalue weighted by molar-refractivity contribution is 8.20. The van der Waals surface area contributed by atoms with E-state index in [-0.39, 0.29) is 11.8 Å². The normalized spacial score (nSPS) is 18.6. The number of hydrogen-bond donors (Lipinski definition) is 0. The van der Waals surface area contributed by atoms with Gasteiger partial charge in [-0.15, -0.1) is 0 Å². The predicted octanol–water partition coefficient (Wildman–Crippen LogP) is 1.49. The lowest BCUT2D eigenvalue weighted by Crippen LogP contribution is -2.22. The van der Waals surface area contributed by atoms with E-state index in [9.17, 15) is 9.59 Å². The van der Waals surface area contributed by atoms with Gasteiger partial charge in [0.05, 0.1) is 11.2 Å². The van der Waals surface area contributed by atoms with E-state index in [0.717, 1.165) is 4.31 Å². The average molecular weight is 192 g/mol. The molecule has 0 unspecified atom stereocenters. The molecule has 0 fully saturated rings. The molecule has 2 amide bonds. The van der Waals surface area contributed by atoms with E-state index < -0.39 is 0 Å². The number of hydrogen-bond acceptors (Lipinski definition) is 3. The molecule has 0 bridgehead atoms. The standard InChI is InChI=1S/C6H6ClNO2S/c1-3-4(2)6(10)8(11-7)5(3)9/h1-2H3. The van der Waals surface area contributed by atoms with E-state index in [1.807, 2.05) is 0 Å². The first kappa shape index (κ1) is 8.62. The Balaban J connectivity index is 3.02. The van der Waals surface area contributed by atoms with Crippen molar-refractivity contribution in [1.29, 1.82) is 0 Å². The third-order valence-corrected chi connectivity index (χ3v) is 2.53. The molecule has 0 aromatic rings. The Morgan fingerprint density at radius 1 is 1.18 bits per heavy atom. The summed E-state index contributed by atoms with van der Waals surface area (Å²) in [5.41, 5.74) is 0.950. The van der Waals surface area contributed by atoms with Gasteiger partial charge in [-0.2, -0.15) is 0 Å².